The topological polar surface area (TPSA) is 20.2 Å². The first-order valence-corrected chi connectivity index (χ1v) is 6.23. The van der Waals surface area contributed by atoms with Crippen LogP contribution in [0.25, 0.3) is 0 Å². The summed E-state index contributed by atoms with van der Waals surface area (Å²) < 4.78 is 13.9. The van der Waals surface area contributed by atoms with E-state index < -0.39 is 11.3 Å². The average Bonchev–Trinajstić information content (AvgIpc) is 2.23. The van der Waals surface area contributed by atoms with Gasteiger partial charge in [0.25, 0.3) is 0 Å². The molecule has 4 fully saturated rings. The third kappa shape index (κ3) is 1.30. The summed E-state index contributed by atoms with van der Waals surface area (Å²) in [4.78, 5) is 0. The zero-order valence-electron chi connectivity index (χ0n) is 9.72. The van der Waals surface area contributed by atoms with Crippen molar-refractivity contribution in [3.05, 3.63) is 0 Å². The number of halogens is 1. The van der Waals surface area contributed by atoms with E-state index >= 15 is 0 Å². The second-order valence-corrected chi connectivity index (χ2v) is 6.99. The first-order chi connectivity index (χ1) is 6.82. The molecule has 0 spiro atoms. The second-order valence-electron chi connectivity index (χ2n) is 6.99. The summed E-state index contributed by atoms with van der Waals surface area (Å²) in [5, 5.41) is 10.7. The van der Waals surface area contributed by atoms with Gasteiger partial charge in [-0.1, -0.05) is 0 Å². The molecule has 4 aliphatic carbocycles. The molecule has 2 unspecified atom stereocenters. The minimum Gasteiger partial charge on any atom is -0.389 e. The lowest BCUT2D eigenvalue weighted by molar-refractivity contribution is -0.0629. The molecule has 86 valence electrons. The fourth-order valence-electron chi connectivity index (χ4n) is 5.10. The van der Waals surface area contributed by atoms with Crippen molar-refractivity contribution >= 4 is 0 Å². The molecule has 0 aliphatic heterocycles. The first-order valence-electron chi connectivity index (χ1n) is 6.23. The summed E-state index contributed by atoms with van der Waals surface area (Å²) in [6, 6.07) is 0. The van der Waals surface area contributed by atoms with Gasteiger partial charge in [0.1, 0.15) is 5.67 Å². The number of aliphatic hydroxyl groups is 1. The van der Waals surface area contributed by atoms with Crippen molar-refractivity contribution in [2.24, 2.45) is 17.3 Å². The highest BCUT2D eigenvalue weighted by molar-refractivity contribution is 5.17. The molecule has 0 aromatic heterocycles. The Balaban J connectivity index is 1.93. The maximum Gasteiger partial charge on any atom is 0.106 e. The van der Waals surface area contributed by atoms with Gasteiger partial charge in [-0.15, -0.1) is 0 Å². The Hall–Kier alpha value is -0.110. The van der Waals surface area contributed by atoms with Crippen LogP contribution < -0.4 is 0 Å². The maximum absolute atomic E-state index is 13.9. The molecule has 4 bridgehead atoms. The first kappa shape index (κ1) is 10.1. The van der Waals surface area contributed by atoms with Gasteiger partial charge in [-0.05, 0) is 64.2 Å². The van der Waals surface area contributed by atoms with E-state index in [2.05, 4.69) is 0 Å². The third-order valence-corrected chi connectivity index (χ3v) is 5.02. The molecular weight excluding hydrogens is 191 g/mol. The van der Waals surface area contributed by atoms with Crippen LogP contribution in [-0.4, -0.2) is 16.4 Å². The van der Waals surface area contributed by atoms with Gasteiger partial charge < -0.3 is 5.11 Å². The molecule has 0 aromatic carbocycles. The summed E-state index contributed by atoms with van der Waals surface area (Å²) >= 11 is 0. The normalized spacial score (nSPS) is 52.8. The van der Waals surface area contributed by atoms with Gasteiger partial charge in [0.2, 0.25) is 0 Å². The van der Waals surface area contributed by atoms with E-state index in [0.717, 1.165) is 25.7 Å². The number of hydrogen-bond donors (Lipinski definition) is 1. The van der Waals surface area contributed by atoms with Crippen molar-refractivity contribution in [3.63, 3.8) is 0 Å². The third-order valence-electron chi connectivity index (χ3n) is 5.02. The molecule has 0 aromatic rings. The van der Waals surface area contributed by atoms with Crippen molar-refractivity contribution < 1.29 is 9.50 Å². The Morgan fingerprint density at radius 2 is 1.73 bits per heavy atom. The Kier molecular flexibility index (Phi) is 1.73. The molecule has 2 heteroatoms. The minimum absolute atomic E-state index is 0.0706. The van der Waals surface area contributed by atoms with Crippen molar-refractivity contribution in [2.45, 2.75) is 63.6 Å². The zero-order valence-corrected chi connectivity index (χ0v) is 9.72. The predicted molar refractivity (Wildman–Crippen MR) is 57.3 cm³/mol. The average molecular weight is 212 g/mol. The van der Waals surface area contributed by atoms with E-state index in [1.54, 1.807) is 13.8 Å². The van der Waals surface area contributed by atoms with Crippen molar-refractivity contribution in [3.8, 4) is 0 Å². The van der Waals surface area contributed by atoms with Crippen LogP contribution in [0.3, 0.4) is 0 Å². The van der Waals surface area contributed by atoms with E-state index in [1.807, 2.05) is 0 Å². The van der Waals surface area contributed by atoms with Crippen LogP contribution in [0.5, 0.6) is 0 Å². The number of alkyl halides is 1. The molecule has 1 nitrogen and oxygen atoms in total. The lowest BCUT2D eigenvalue weighted by Gasteiger charge is -2.39. The summed E-state index contributed by atoms with van der Waals surface area (Å²) in [6.45, 7) is 3.31. The van der Waals surface area contributed by atoms with Gasteiger partial charge >= 0.3 is 0 Å². The van der Waals surface area contributed by atoms with Crippen LogP contribution in [0.15, 0.2) is 0 Å². The van der Waals surface area contributed by atoms with Crippen LogP contribution in [0.4, 0.5) is 4.39 Å². The highest BCUT2D eigenvalue weighted by Gasteiger charge is 2.66. The molecule has 4 aliphatic rings. The summed E-state index contributed by atoms with van der Waals surface area (Å²) in [6.07, 6.45) is 5.89. The fraction of sp³-hybridized carbons (Fsp3) is 1.00. The SMILES string of the molecule is CC(C)(F)CC12CC3CC(CC1(O)C3)C2. The highest BCUT2D eigenvalue weighted by atomic mass is 19.1. The molecule has 1 N–H and O–H groups in total. The van der Waals surface area contributed by atoms with Gasteiger partial charge in [-0.2, -0.15) is 0 Å². The fourth-order valence-corrected chi connectivity index (χ4v) is 5.10. The monoisotopic (exact) mass is 212 g/mol. The Morgan fingerprint density at radius 3 is 2.20 bits per heavy atom. The van der Waals surface area contributed by atoms with Gasteiger partial charge in [-0.3, -0.25) is 0 Å². The standard InChI is InChI=1S/C13H21FO/c1-11(2,14)8-12-4-9-3-10(5-12)7-13(12,15)6-9/h9-10,15H,3-8H2,1-2H3. The molecule has 0 amide bonds. The Labute approximate surface area is 91.1 Å². The van der Waals surface area contributed by atoms with E-state index in [0.29, 0.717) is 18.3 Å². The van der Waals surface area contributed by atoms with Crippen LogP contribution in [-0.2, 0) is 0 Å². The summed E-state index contributed by atoms with van der Waals surface area (Å²) in [5.41, 5.74) is -1.71. The molecular formula is C13H21FO. The van der Waals surface area contributed by atoms with E-state index in [9.17, 15) is 9.50 Å². The predicted octanol–water partition coefficient (Wildman–Crippen LogP) is 3.07. The van der Waals surface area contributed by atoms with Gasteiger partial charge in [0.05, 0.1) is 5.60 Å². The quantitative estimate of drug-likeness (QED) is 0.746. The summed E-state index contributed by atoms with van der Waals surface area (Å²) in [5.74, 6) is 1.37. The van der Waals surface area contributed by atoms with Gasteiger partial charge in [-0.25, -0.2) is 4.39 Å². The van der Waals surface area contributed by atoms with E-state index in [1.165, 1.54) is 6.42 Å². The highest BCUT2D eigenvalue weighted by Crippen LogP contribution is 2.69. The van der Waals surface area contributed by atoms with Crippen molar-refractivity contribution in [1.82, 2.24) is 0 Å². The number of rotatable bonds is 2. The summed E-state index contributed by atoms with van der Waals surface area (Å²) in [7, 11) is 0. The van der Waals surface area contributed by atoms with Gasteiger partial charge in [0.15, 0.2) is 0 Å². The minimum atomic E-state index is -1.13. The lowest BCUT2D eigenvalue weighted by atomic mass is 9.69. The van der Waals surface area contributed by atoms with Crippen LogP contribution in [0.1, 0.15) is 52.4 Å². The number of hydrogen-bond acceptors (Lipinski definition) is 1. The second kappa shape index (κ2) is 2.58. The van der Waals surface area contributed by atoms with E-state index in [4.69, 9.17) is 0 Å². The molecule has 0 radical (unpaired) electrons. The molecule has 2 atom stereocenters. The van der Waals surface area contributed by atoms with Crippen LogP contribution in [0.2, 0.25) is 0 Å². The van der Waals surface area contributed by atoms with Crippen LogP contribution in [0, 0.1) is 17.3 Å². The molecule has 4 saturated carbocycles. The van der Waals surface area contributed by atoms with Crippen molar-refractivity contribution in [1.29, 1.82) is 0 Å². The van der Waals surface area contributed by atoms with Gasteiger partial charge in [0, 0.05) is 5.41 Å². The maximum atomic E-state index is 13.9. The molecule has 0 saturated heterocycles. The largest absolute Gasteiger partial charge is 0.389 e. The Bertz CT molecular complexity index is 277. The molecule has 4 rings (SSSR count). The lowest BCUT2D eigenvalue weighted by Crippen LogP contribution is -2.42. The molecule has 0 heterocycles. The van der Waals surface area contributed by atoms with E-state index in [-0.39, 0.29) is 5.41 Å². The zero-order chi connectivity index (χ0) is 10.9. The molecule has 15 heavy (non-hydrogen) atoms. The van der Waals surface area contributed by atoms with Crippen molar-refractivity contribution in [2.75, 3.05) is 0 Å². The van der Waals surface area contributed by atoms with Crippen LogP contribution >= 0.6 is 0 Å². The Morgan fingerprint density at radius 1 is 1.20 bits per heavy atom. The smallest absolute Gasteiger partial charge is 0.106 e.